The molecular weight excluding hydrogens is 308 g/mol. The average Bonchev–Trinajstić information content (AvgIpc) is 3.07. The minimum Gasteiger partial charge on any atom is -0.357 e. The van der Waals surface area contributed by atoms with Crippen LogP contribution >= 0.6 is 11.6 Å². The number of rotatable bonds is 3. The topological polar surface area (TPSA) is 36.9 Å². The van der Waals surface area contributed by atoms with Crippen molar-refractivity contribution >= 4 is 28.7 Å². The van der Waals surface area contributed by atoms with Gasteiger partial charge in [-0.15, -0.1) is 0 Å². The summed E-state index contributed by atoms with van der Waals surface area (Å²) in [6, 6.07) is 6.08. The fourth-order valence-electron chi connectivity index (χ4n) is 3.44. The van der Waals surface area contributed by atoms with E-state index in [4.69, 9.17) is 11.6 Å². The normalized spacial score (nSPS) is 15.0. The Hall–Kier alpha value is -2.04. The number of H-pyrrole nitrogens is 1. The third kappa shape index (κ3) is 2.48. The van der Waals surface area contributed by atoms with Gasteiger partial charge in [-0.05, 0) is 37.1 Å². The lowest BCUT2D eigenvalue weighted by Gasteiger charge is -2.26. The summed E-state index contributed by atoms with van der Waals surface area (Å²) in [6.45, 7) is 8.76. The molecule has 0 spiro atoms. The van der Waals surface area contributed by atoms with Crippen LogP contribution in [0.4, 0.5) is 0 Å². The van der Waals surface area contributed by atoms with Crippen LogP contribution < -0.4 is 0 Å². The lowest BCUT2D eigenvalue weighted by molar-refractivity contribution is 0.243. The zero-order chi connectivity index (χ0) is 16.0. The molecule has 0 radical (unpaired) electrons. The highest BCUT2D eigenvalue weighted by molar-refractivity contribution is 6.31. The molecule has 0 bridgehead atoms. The highest BCUT2D eigenvalue weighted by atomic mass is 35.5. The van der Waals surface area contributed by atoms with E-state index in [1.165, 1.54) is 27.7 Å². The van der Waals surface area contributed by atoms with Crippen molar-refractivity contribution in [2.75, 3.05) is 6.54 Å². The second-order valence-corrected chi connectivity index (χ2v) is 6.55. The third-order valence-electron chi connectivity index (χ3n) is 4.73. The van der Waals surface area contributed by atoms with Crippen molar-refractivity contribution < 1.29 is 0 Å². The molecular formula is C18H19ClN4. The largest absolute Gasteiger partial charge is 0.357 e. The molecule has 2 aromatic heterocycles. The molecule has 0 aliphatic carbocycles. The first-order valence-corrected chi connectivity index (χ1v) is 8.20. The zero-order valence-electron chi connectivity index (χ0n) is 13.1. The third-order valence-corrected chi connectivity index (χ3v) is 4.96. The Bertz CT molecular complexity index is 890. The summed E-state index contributed by atoms with van der Waals surface area (Å²) >= 11 is 6.15. The molecule has 4 nitrogen and oxygen atoms in total. The van der Waals surface area contributed by atoms with Crippen LogP contribution in [-0.4, -0.2) is 26.2 Å². The van der Waals surface area contributed by atoms with Crippen LogP contribution in [0.25, 0.3) is 17.1 Å². The summed E-state index contributed by atoms with van der Waals surface area (Å²) in [5.74, 6) is 0. The van der Waals surface area contributed by atoms with Crippen molar-refractivity contribution in [1.82, 2.24) is 19.7 Å². The van der Waals surface area contributed by atoms with Gasteiger partial charge in [-0.1, -0.05) is 18.2 Å². The second-order valence-electron chi connectivity index (χ2n) is 6.12. The van der Waals surface area contributed by atoms with Crippen LogP contribution in [-0.2, 0) is 19.5 Å². The van der Waals surface area contributed by atoms with Crippen LogP contribution in [0.3, 0.4) is 0 Å². The number of nitrogens with one attached hydrogen (secondary N) is 1. The first kappa shape index (κ1) is 14.5. The molecule has 1 aliphatic rings. The van der Waals surface area contributed by atoms with Crippen molar-refractivity contribution in [2.24, 2.45) is 0 Å². The van der Waals surface area contributed by atoms with E-state index in [-0.39, 0.29) is 0 Å². The summed E-state index contributed by atoms with van der Waals surface area (Å²) in [4.78, 5) is 6.01. The van der Waals surface area contributed by atoms with E-state index in [1.54, 1.807) is 6.20 Å². The molecule has 1 N–H and O–H groups in total. The van der Waals surface area contributed by atoms with Crippen LogP contribution in [0, 0.1) is 6.92 Å². The summed E-state index contributed by atoms with van der Waals surface area (Å²) < 4.78 is 1.83. The van der Waals surface area contributed by atoms with Crippen molar-refractivity contribution in [3.8, 4) is 0 Å². The number of hydrogen-bond acceptors (Lipinski definition) is 2. The number of fused-ring (bicyclic) bond motifs is 3. The van der Waals surface area contributed by atoms with Crippen LogP contribution in [0.15, 0.2) is 31.0 Å². The van der Waals surface area contributed by atoms with Crippen molar-refractivity contribution in [1.29, 1.82) is 0 Å². The quantitative estimate of drug-likeness (QED) is 0.790. The van der Waals surface area contributed by atoms with Gasteiger partial charge in [0.15, 0.2) is 0 Å². The van der Waals surface area contributed by atoms with Gasteiger partial charge in [-0.2, -0.15) is 5.10 Å². The van der Waals surface area contributed by atoms with Gasteiger partial charge in [0.1, 0.15) is 0 Å². The fraction of sp³-hybridized carbons (Fsp3) is 0.278. The highest BCUT2D eigenvalue weighted by Gasteiger charge is 2.21. The summed E-state index contributed by atoms with van der Waals surface area (Å²) in [7, 11) is 0. The first-order valence-electron chi connectivity index (χ1n) is 7.82. The van der Waals surface area contributed by atoms with Gasteiger partial charge in [-0.25, -0.2) is 4.68 Å². The van der Waals surface area contributed by atoms with Crippen LogP contribution in [0.1, 0.15) is 22.5 Å². The average molecular weight is 327 g/mol. The molecule has 0 saturated carbocycles. The van der Waals surface area contributed by atoms with Crippen molar-refractivity contribution in [2.45, 2.75) is 26.4 Å². The Kier molecular flexibility index (Phi) is 3.51. The maximum Gasteiger partial charge on any atom is 0.0541 e. The summed E-state index contributed by atoms with van der Waals surface area (Å²) in [6.07, 6.45) is 4.73. The number of nitrogens with zero attached hydrogens (tertiary/aromatic N) is 3. The monoisotopic (exact) mass is 326 g/mol. The Balaban J connectivity index is 1.60. The zero-order valence-corrected chi connectivity index (χ0v) is 13.9. The lowest BCUT2D eigenvalue weighted by Crippen LogP contribution is -2.30. The predicted molar refractivity (Wildman–Crippen MR) is 94.5 cm³/mol. The smallest absolute Gasteiger partial charge is 0.0541 e. The Morgan fingerprint density at radius 2 is 2.30 bits per heavy atom. The molecule has 0 fully saturated rings. The van der Waals surface area contributed by atoms with Gasteiger partial charge in [0.25, 0.3) is 0 Å². The van der Waals surface area contributed by atoms with E-state index in [2.05, 4.69) is 40.6 Å². The molecule has 0 atom stereocenters. The van der Waals surface area contributed by atoms with Crippen molar-refractivity contribution in [3.05, 3.63) is 58.5 Å². The molecule has 118 valence electrons. The minimum absolute atomic E-state index is 0.800. The van der Waals surface area contributed by atoms with E-state index >= 15 is 0 Å². The van der Waals surface area contributed by atoms with Gasteiger partial charge in [0.05, 0.1) is 6.20 Å². The van der Waals surface area contributed by atoms with E-state index in [1.807, 2.05) is 16.9 Å². The van der Waals surface area contributed by atoms with E-state index in [0.29, 0.717) is 0 Å². The van der Waals surface area contributed by atoms with Crippen LogP contribution in [0.5, 0.6) is 0 Å². The maximum absolute atomic E-state index is 6.15. The van der Waals surface area contributed by atoms with Gasteiger partial charge in [0.2, 0.25) is 0 Å². The van der Waals surface area contributed by atoms with Crippen LogP contribution in [0.2, 0.25) is 5.02 Å². The minimum atomic E-state index is 0.800. The molecule has 1 aromatic carbocycles. The molecule has 3 aromatic rings. The molecule has 23 heavy (non-hydrogen) atoms. The second kappa shape index (κ2) is 5.55. The number of aromatic nitrogens is 3. The molecule has 3 heterocycles. The first-order chi connectivity index (χ1) is 11.2. The van der Waals surface area contributed by atoms with Gasteiger partial charge >= 0.3 is 0 Å². The molecule has 0 unspecified atom stereocenters. The molecule has 1 aliphatic heterocycles. The fourth-order valence-corrected chi connectivity index (χ4v) is 3.62. The predicted octanol–water partition coefficient (Wildman–Crippen LogP) is 3.99. The molecule has 0 amide bonds. The Morgan fingerprint density at radius 1 is 1.43 bits per heavy atom. The van der Waals surface area contributed by atoms with E-state index in [0.717, 1.165) is 36.8 Å². The van der Waals surface area contributed by atoms with Gasteiger partial charge in [-0.3, -0.25) is 4.90 Å². The van der Waals surface area contributed by atoms with E-state index in [9.17, 15) is 0 Å². The summed E-state index contributed by atoms with van der Waals surface area (Å²) in [5, 5.41) is 6.40. The molecule has 5 heteroatoms. The highest BCUT2D eigenvalue weighted by Crippen LogP contribution is 2.30. The van der Waals surface area contributed by atoms with Crippen molar-refractivity contribution in [3.63, 3.8) is 0 Å². The standard InChI is InChI=1S/C18H19ClN4/c1-3-23-12(2)13(9-20-23)10-22-7-6-15-16-8-14(19)4-5-17(16)21-18(15)11-22/h3-5,8-9,21H,1,6-7,10-11H2,2H3. The van der Waals surface area contributed by atoms with Gasteiger partial charge < -0.3 is 4.98 Å². The van der Waals surface area contributed by atoms with Gasteiger partial charge in [0, 0.05) is 58.7 Å². The Labute approximate surface area is 140 Å². The van der Waals surface area contributed by atoms with E-state index < -0.39 is 0 Å². The lowest BCUT2D eigenvalue weighted by atomic mass is 10.0. The number of aromatic amines is 1. The maximum atomic E-state index is 6.15. The Morgan fingerprint density at radius 3 is 3.09 bits per heavy atom. The SMILES string of the molecule is C=Cn1ncc(CN2CCc3c([nH]c4ccc(Cl)cc34)C2)c1C. The molecule has 0 saturated heterocycles. The number of halogens is 1. The molecule has 4 rings (SSSR count). The summed E-state index contributed by atoms with van der Waals surface area (Å²) in [5.41, 5.74) is 6.32. The number of hydrogen-bond donors (Lipinski definition) is 1. The number of benzene rings is 1.